The highest BCUT2D eigenvalue weighted by molar-refractivity contribution is 6.96. The molecule has 5 rings (SSSR count). The van der Waals surface area contributed by atoms with Crippen LogP contribution in [-0.4, -0.2) is 19.4 Å². The SMILES string of the molecule is Cc1cc(N2CCCCC2)cc2[n+]1[B-](c1c(F)c(F)c(F)c(F)c1F)(c1c(F)c(F)c(F)c(F)c1F)C2. The van der Waals surface area contributed by atoms with E-state index in [1.807, 2.05) is 4.90 Å². The van der Waals surface area contributed by atoms with Crippen LogP contribution in [0.3, 0.4) is 0 Å². The van der Waals surface area contributed by atoms with E-state index in [0.29, 0.717) is 18.8 Å². The van der Waals surface area contributed by atoms with Crippen LogP contribution in [-0.2, 0) is 6.32 Å². The molecule has 0 bridgehead atoms. The summed E-state index contributed by atoms with van der Waals surface area (Å²) < 4.78 is 146. The summed E-state index contributed by atoms with van der Waals surface area (Å²) in [7, 11) is 0. The van der Waals surface area contributed by atoms with Crippen LogP contribution in [0.1, 0.15) is 30.7 Å². The molecule has 37 heavy (non-hydrogen) atoms. The fourth-order valence-electron chi connectivity index (χ4n) is 5.89. The molecule has 0 saturated carbocycles. The summed E-state index contributed by atoms with van der Waals surface area (Å²) in [5, 5.41) is 0. The maximum atomic E-state index is 15.1. The molecule has 1 saturated heterocycles. The maximum absolute atomic E-state index is 15.1. The number of hydrogen-bond donors (Lipinski definition) is 0. The largest absolute Gasteiger partial charge is 0.415 e. The molecule has 0 atom stereocenters. The Hall–Kier alpha value is -3.25. The Morgan fingerprint density at radius 1 is 0.595 bits per heavy atom. The number of benzene rings is 2. The van der Waals surface area contributed by atoms with Crippen LogP contribution < -0.4 is 20.3 Å². The molecule has 1 aromatic heterocycles. The van der Waals surface area contributed by atoms with Crippen molar-refractivity contribution in [2.24, 2.45) is 0 Å². The van der Waals surface area contributed by atoms with E-state index in [1.165, 1.54) is 19.1 Å². The zero-order valence-electron chi connectivity index (χ0n) is 19.1. The van der Waals surface area contributed by atoms with Crippen LogP contribution in [0.2, 0.25) is 0 Å². The molecule has 0 amide bonds. The first kappa shape index (κ1) is 25.4. The monoisotopic (exact) mass is 534 g/mol. The van der Waals surface area contributed by atoms with Crippen molar-refractivity contribution in [2.45, 2.75) is 32.5 Å². The van der Waals surface area contributed by atoms with Crippen molar-refractivity contribution in [1.82, 2.24) is 0 Å². The Morgan fingerprint density at radius 3 is 1.41 bits per heavy atom. The number of pyridine rings is 1. The molecule has 3 aromatic rings. The van der Waals surface area contributed by atoms with Gasteiger partial charge in [0.05, 0.1) is 0 Å². The van der Waals surface area contributed by atoms with E-state index < -0.39 is 81.7 Å². The molecule has 0 radical (unpaired) electrons. The van der Waals surface area contributed by atoms with Crippen molar-refractivity contribution < 1.29 is 48.4 Å². The number of halogens is 10. The normalized spacial score (nSPS) is 16.6. The van der Waals surface area contributed by atoms with Crippen LogP contribution >= 0.6 is 0 Å². The van der Waals surface area contributed by atoms with Crippen molar-refractivity contribution in [3.8, 4) is 0 Å². The second-order valence-electron chi connectivity index (χ2n) is 9.43. The first-order valence-corrected chi connectivity index (χ1v) is 11.4. The summed E-state index contributed by atoms with van der Waals surface area (Å²) in [5.74, 6) is -24.3. The minimum atomic E-state index is -3.92. The van der Waals surface area contributed by atoms with Gasteiger partial charge in [-0.3, -0.25) is 0 Å². The van der Waals surface area contributed by atoms with Gasteiger partial charge >= 0.3 is 6.28 Å². The third-order valence-corrected chi connectivity index (χ3v) is 7.47. The molecule has 0 unspecified atom stereocenters. The number of piperidine rings is 1. The summed E-state index contributed by atoms with van der Waals surface area (Å²) in [4.78, 5) is 1.99. The van der Waals surface area contributed by atoms with Crippen LogP contribution in [0.5, 0.6) is 0 Å². The molecule has 2 aliphatic rings. The topological polar surface area (TPSA) is 7.12 Å². The van der Waals surface area contributed by atoms with Gasteiger partial charge in [0.2, 0.25) is 0 Å². The third-order valence-electron chi connectivity index (χ3n) is 7.47. The molecular formula is C24H17BF10N2. The number of fused-ring (bicyclic) bond motifs is 1. The molecule has 2 aromatic carbocycles. The summed E-state index contributed by atoms with van der Waals surface area (Å²) in [6.07, 6.45) is -1.90. The average Bonchev–Trinajstić information content (AvgIpc) is 2.87. The van der Waals surface area contributed by atoms with Crippen molar-refractivity contribution in [3.63, 3.8) is 0 Å². The molecule has 0 spiro atoms. The van der Waals surface area contributed by atoms with Gasteiger partial charge in [0.25, 0.3) is 0 Å². The summed E-state index contributed by atoms with van der Waals surface area (Å²) >= 11 is 0. The lowest BCUT2D eigenvalue weighted by Gasteiger charge is -2.46. The first-order valence-electron chi connectivity index (χ1n) is 11.4. The predicted octanol–water partition coefficient (Wildman–Crippen LogP) is 4.37. The third kappa shape index (κ3) is 3.38. The van der Waals surface area contributed by atoms with E-state index in [4.69, 9.17) is 0 Å². The zero-order chi connectivity index (χ0) is 27.0. The summed E-state index contributed by atoms with van der Waals surface area (Å²) in [5.41, 5.74) is -2.45. The van der Waals surface area contributed by atoms with Crippen LogP contribution in [0.4, 0.5) is 49.6 Å². The highest BCUT2D eigenvalue weighted by atomic mass is 19.2. The Balaban J connectivity index is 1.87. The fourth-order valence-corrected chi connectivity index (χ4v) is 5.89. The molecule has 2 nitrogen and oxygen atoms in total. The molecule has 0 N–H and O–H groups in total. The number of anilines is 1. The van der Waals surface area contributed by atoms with E-state index in [-0.39, 0.29) is 11.4 Å². The van der Waals surface area contributed by atoms with Gasteiger partial charge in [-0.05, 0) is 25.6 Å². The maximum Gasteiger partial charge on any atom is 0.354 e. The average molecular weight is 534 g/mol. The quantitative estimate of drug-likeness (QED) is 0.210. The van der Waals surface area contributed by atoms with E-state index in [2.05, 4.69) is 0 Å². The molecule has 3 heterocycles. The van der Waals surface area contributed by atoms with Crippen molar-refractivity contribution >= 4 is 22.9 Å². The van der Waals surface area contributed by atoms with E-state index in [0.717, 1.165) is 23.7 Å². The lowest BCUT2D eigenvalue weighted by Crippen LogP contribution is -2.91. The zero-order valence-corrected chi connectivity index (χ0v) is 19.1. The minimum Gasteiger partial charge on any atom is -0.415 e. The van der Waals surface area contributed by atoms with Gasteiger partial charge in [0, 0.05) is 37.8 Å². The van der Waals surface area contributed by atoms with Gasteiger partial charge in [-0.25, -0.2) is 43.9 Å². The minimum absolute atomic E-state index is 0.0669. The Labute approximate surface area is 204 Å². The second-order valence-corrected chi connectivity index (χ2v) is 9.43. The lowest BCUT2D eigenvalue weighted by molar-refractivity contribution is -0.581. The number of nitrogens with zero attached hydrogens (tertiary/aromatic N) is 2. The molecule has 196 valence electrons. The first-order chi connectivity index (χ1) is 17.4. The lowest BCUT2D eigenvalue weighted by atomic mass is 9.20. The van der Waals surface area contributed by atoms with Crippen LogP contribution in [0.25, 0.3) is 0 Å². The van der Waals surface area contributed by atoms with Gasteiger partial charge in [0.15, 0.2) is 34.9 Å². The number of aryl methyl sites for hydroxylation is 1. The number of hydrogen-bond acceptors (Lipinski definition) is 1. The molecular weight excluding hydrogens is 517 g/mol. The molecule has 0 aliphatic carbocycles. The van der Waals surface area contributed by atoms with Gasteiger partial charge in [-0.1, -0.05) is 10.9 Å². The Kier molecular flexibility index (Phi) is 5.95. The predicted molar refractivity (Wildman–Crippen MR) is 114 cm³/mol. The number of rotatable bonds is 3. The molecule has 2 aliphatic heterocycles. The van der Waals surface area contributed by atoms with Crippen molar-refractivity contribution in [1.29, 1.82) is 0 Å². The van der Waals surface area contributed by atoms with Gasteiger partial charge in [-0.2, -0.15) is 0 Å². The van der Waals surface area contributed by atoms with Crippen LogP contribution in [0, 0.1) is 65.1 Å². The Morgan fingerprint density at radius 2 is 1.00 bits per heavy atom. The fraction of sp³-hybridized carbons (Fsp3) is 0.292. The highest BCUT2D eigenvalue weighted by Crippen LogP contribution is 2.31. The van der Waals surface area contributed by atoms with Gasteiger partial charge in [-0.15, -0.1) is 0 Å². The van der Waals surface area contributed by atoms with E-state index >= 15 is 17.6 Å². The Bertz CT molecular complexity index is 1320. The molecule has 13 heteroatoms. The standard InChI is InChI=1S/C24H17BF10N2/c1-10-7-11(36-5-3-2-4-6-36)8-12-9-25(37(10)12,13-15(26)19(30)23(34)20(31)16(13)27)14-17(28)21(32)24(35)22(33)18(14)29/h7-8H,2-6,9H2,1H3. The van der Waals surface area contributed by atoms with E-state index in [9.17, 15) is 26.3 Å². The van der Waals surface area contributed by atoms with Crippen LogP contribution in [0.15, 0.2) is 12.1 Å². The second kappa shape index (κ2) is 8.66. The van der Waals surface area contributed by atoms with Gasteiger partial charge in [0.1, 0.15) is 34.7 Å². The smallest absolute Gasteiger partial charge is 0.354 e. The molecule has 1 fully saturated rings. The number of aromatic nitrogens is 1. The summed E-state index contributed by atoms with van der Waals surface area (Å²) in [6.45, 7) is 2.70. The van der Waals surface area contributed by atoms with Crippen molar-refractivity contribution in [3.05, 3.63) is 81.7 Å². The summed E-state index contributed by atoms with van der Waals surface area (Å²) in [6, 6.07) is 2.99. The van der Waals surface area contributed by atoms with E-state index in [1.54, 1.807) is 0 Å². The van der Waals surface area contributed by atoms with Crippen molar-refractivity contribution in [2.75, 3.05) is 18.0 Å². The highest BCUT2D eigenvalue weighted by Gasteiger charge is 2.59. The van der Waals surface area contributed by atoms with Gasteiger partial charge < -0.3 is 9.38 Å².